The van der Waals surface area contributed by atoms with Crippen molar-refractivity contribution in [3.63, 3.8) is 0 Å². The Morgan fingerprint density at radius 3 is 2.29 bits per heavy atom. The third kappa shape index (κ3) is 5.48. The number of carbonyl (C=O) groups is 2. The number of benzene rings is 3. The molecule has 3 aromatic carbocycles. The lowest BCUT2D eigenvalue weighted by atomic mass is 9.98. The summed E-state index contributed by atoms with van der Waals surface area (Å²) in [4.78, 5) is 24.5. The minimum Gasteiger partial charge on any atom is -0.452 e. The fourth-order valence-electron chi connectivity index (χ4n) is 2.83. The van der Waals surface area contributed by atoms with E-state index in [1.807, 2.05) is 0 Å². The molecule has 0 saturated carbocycles. The topological polar surface area (TPSA) is 55.4 Å². The summed E-state index contributed by atoms with van der Waals surface area (Å²) >= 11 is 0. The average molecular weight is 431 g/mol. The standard InChI is InChI=1S/C23H17F4NO3/c1-14-6-11-17(12-20(14)24)28-21(29)13-31-22(30)19-5-3-2-4-18(19)15-7-9-16(10-8-15)23(25,26)27/h2-12H,13H2,1H3,(H,28,29). The van der Waals surface area contributed by atoms with Crippen molar-refractivity contribution in [3.8, 4) is 11.1 Å². The van der Waals surface area contributed by atoms with Crippen LogP contribution in [0.4, 0.5) is 23.2 Å². The maximum absolute atomic E-state index is 13.6. The van der Waals surface area contributed by atoms with E-state index in [0.717, 1.165) is 18.2 Å². The Balaban J connectivity index is 1.70. The lowest BCUT2D eigenvalue weighted by Gasteiger charge is -2.12. The second kappa shape index (κ2) is 8.99. The number of carbonyl (C=O) groups excluding carboxylic acids is 2. The Kier molecular flexibility index (Phi) is 6.39. The van der Waals surface area contributed by atoms with Gasteiger partial charge < -0.3 is 10.1 Å². The van der Waals surface area contributed by atoms with Crippen LogP contribution in [0.1, 0.15) is 21.5 Å². The van der Waals surface area contributed by atoms with Crippen LogP contribution < -0.4 is 5.32 Å². The minimum absolute atomic E-state index is 0.0939. The van der Waals surface area contributed by atoms with Crippen molar-refractivity contribution in [1.82, 2.24) is 0 Å². The molecule has 0 unspecified atom stereocenters. The molecule has 0 aliphatic rings. The molecule has 0 heterocycles. The summed E-state index contributed by atoms with van der Waals surface area (Å²) in [6, 6.07) is 14.7. The van der Waals surface area contributed by atoms with Gasteiger partial charge in [0.15, 0.2) is 6.61 Å². The van der Waals surface area contributed by atoms with Crippen molar-refractivity contribution in [2.45, 2.75) is 13.1 Å². The van der Waals surface area contributed by atoms with Crippen molar-refractivity contribution in [1.29, 1.82) is 0 Å². The van der Waals surface area contributed by atoms with E-state index in [1.54, 1.807) is 25.1 Å². The molecular weight excluding hydrogens is 414 g/mol. The Bertz CT molecular complexity index is 1110. The zero-order valence-corrected chi connectivity index (χ0v) is 16.3. The predicted molar refractivity (Wildman–Crippen MR) is 107 cm³/mol. The van der Waals surface area contributed by atoms with Gasteiger partial charge in [-0.15, -0.1) is 0 Å². The van der Waals surface area contributed by atoms with Crippen LogP contribution in [0.5, 0.6) is 0 Å². The molecule has 1 amide bonds. The quantitative estimate of drug-likeness (QED) is 0.422. The molecule has 31 heavy (non-hydrogen) atoms. The molecule has 3 aromatic rings. The van der Waals surface area contributed by atoms with Gasteiger partial charge in [0.25, 0.3) is 5.91 Å². The zero-order chi connectivity index (χ0) is 22.6. The van der Waals surface area contributed by atoms with Crippen LogP contribution in [-0.4, -0.2) is 18.5 Å². The molecular formula is C23H17F4NO3. The second-order valence-corrected chi connectivity index (χ2v) is 6.71. The van der Waals surface area contributed by atoms with E-state index in [-0.39, 0.29) is 11.3 Å². The number of nitrogens with one attached hydrogen (secondary N) is 1. The molecule has 0 aliphatic carbocycles. The third-order valence-electron chi connectivity index (χ3n) is 4.46. The Hall–Kier alpha value is -3.68. The number of anilines is 1. The van der Waals surface area contributed by atoms with E-state index in [2.05, 4.69) is 5.32 Å². The van der Waals surface area contributed by atoms with Gasteiger partial charge in [0.1, 0.15) is 5.82 Å². The van der Waals surface area contributed by atoms with Gasteiger partial charge >= 0.3 is 12.1 Å². The van der Waals surface area contributed by atoms with Crippen molar-refractivity contribution in [2.24, 2.45) is 0 Å². The van der Waals surface area contributed by atoms with Gasteiger partial charge in [0, 0.05) is 5.69 Å². The first-order valence-electron chi connectivity index (χ1n) is 9.15. The second-order valence-electron chi connectivity index (χ2n) is 6.71. The molecule has 1 N–H and O–H groups in total. The number of alkyl halides is 3. The number of esters is 1. The van der Waals surface area contributed by atoms with Crippen LogP contribution in [0, 0.1) is 12.7 Å². The average Bonchev–Trinajstić information content (AvgIpc) is 2.74. The van der Waals surface area contributed by atoms with Crippen LogP contribution in [0.15, 0.2) is 66.7 Å². The van der Waals surface area contributed by atoms with Crippen molar-refractivity contribution >= 4 is 17.6 Å². The number of amides is 1. The number of halogens is 4. The van der Waals surface area contributed by atoms with Gasteiger partial charge in [0.2, 0.25) is 0 Å². The number of rotatable bonds is 5. The van der Waals surface area contributed by atoms with E-state index < -0.39 is 36.0 Å². The van der Waals surface area contributed by atoms with E-state index in [1.165, 1.54) is 30.3 Å². The monoisotopic (exact) mass is 431 g/mol. The summed E-state index contributed by atoms with van der Waals surface area (Å²) in [6.45, 7) is 0.965. The largest absolute Gasteiger partial charge is 0.452 e. The summed E-state index contributed by atoms with van der Waals surface area (Å²) < 4.78 is 56.9. The van der Waals surface area contributed by atoms with E-state index in [9.17, 15) is 27.2 Å². The molecule has 0 bridgehead atoms. The molecule has 0 fully saturated rings. The van der Waals surface area contributed by atoms with Crippen molar-refractivity contribution in [3.05, 3.63) is 89.2 Å². The molecule has 0 atom stereocenters. The highest BCUT2D eigenvalue weighted by Gasteiger charge is 2.30. The maximum Gasteiger partial charge on any atom is 0.416 e. The Morgan fingerprint density at radius 1 is 0.968 bits per heavy atom. The molecule has 4 nitrogen and oxygen atoms in total. The van der Waals surface area contributed by atoms with E-state index in [0.29, 0.717) is 16.7 Å². The van der Waals surface area contributed by atoms with Crippen molar-refractivity contribution < 1.29 is 31.9 Å². The maximum atomic E-state index is 13.6. The molecule has 8 heteroatoms. The highest BCUT2D eigenvalue weighted by atomic mass is 19.4. The highest BCUT2D eigenvalue weighted by Crippen LogP contribution is 2.32. The van der Waals surface area contributed by atoms with Crippen LogP contribution >= 0.6 is 0 Å². The SMILES string of the molecule is Cc1ccc(NC(=O)COC(=O)c2ccccc2-c2ccc(C(F)(F)F)cc2)cc1F. The van der Waals surface area contributed by atoms with Crippen LogP contribution in [0.2, 0.25) is 0 Å². The first-order chi connectivity index (χ1) is 14.6. The molecule has 0 saturated heterocycles. The molecule has 0 spiro atoms. The molecule has 0 radical (unpaired) electrons. The number of aryl methyl sites for hydroxylation is 1. The summed E-state index contributed by atoms with van der Waals surface area (Å²) in [5, 5.41) is 2.42. The van der Waals surface area contributed by atoms with Gasteiger partial charge in [-0.1, -0.05) is 36.4 Å². The first kappa shape index (κ1) is 22.0. The van der Waals surface area contributed by atoms with Crippen LogP contribution in [0.3, 0.4) is 0 Å². The fraction of sp³-hybridized carbons (Fsp3) is 0.130. The Morgan fingerprint density at radius 2 is 1.65 bits per heavy atom. The van der Waals surface area contributed by atoms with E-state index in [4.69, 9.17) is 4.74 Å². The minimum atomic E-state index is -4.47. The highest BCUT2D eigenvalue weighted by molar-refractivity contribution is 5.99. The first-order valence-corrected chi connectivity index (χ1v) is 9.15. The summed E-state index contributed by atoms with van der Waals surface area (Å²) in [6.07, 6.45) is -4.47. The number of hydrogen-bond acceptors (Lipinski definition) is 3. The van der Waals surface area contributed by atoms with Crippen LogP contribution in [0.25, 0.3) is 11.1 Å². The molecule has 0 aliphatic heterocycles. The lowest BCUT2D eigenvalue weighted by molar-refractivity contribution is -0.137. The van der Waals surface area contributed by atoms with Gasteiger partial charge in [-0.2, -0.15) is 13.2 Å². The number of hydrogen-bond donors (Lipinski definition) is 1. The lowest BCUT2D eigenvalue weighted by Crippen LogP contribution is -2.21. The predicted octanol–water partition coefficient (Wildman–Crippen LogP) is 5.62. The van der Waals surface area contributed by atoms with E-state index >= 15 is 0 Å². The Labute approximate surface area is 175 Å². The molecule has 160 valence electrons. The van der Waals surface area contributed by atoms with Gasteiger partial charge in [-0.3, -0.25) is 4.79 Å². The third-order valence-corrected chi connectivity index (χ3v) is 4.46. The fourth-order valence-corrected chi connectivity index (χ4v) is 2.83. The van der Waals surface area contributed by atoms with Gasteiger partial charge in [-0.05, 0) is 53.9 Å². The summed E-state index contributed by atoms with van der Waals surface area (Å²) in [7, 11) is 0. The molecule has 3 rings (SSSR count). The summed E-state index contributed by atoms with van der Waals surface area (Å²) in [5.74, 6) is -1.97. The van der Waals surface area contributed by atoms with Gasteiger partial charge in [0.05, 0.1) is 11.1 Å². The zero-order valence-electron chi connectivity index (χ0n) is 16.3. The van der Waals surface area contributed by atoms with Crippen molar-refractivity contribution in [2.75, 3.05) is 11.9 Å². The van der Waals surface area contributed by atoms with Crippen LogP contribution in [-0.2, 0) is 15.7 Å². The van der Waals surface area contributed by atoms with Gasteiger partial charge in [-0.25, -0.2) is 9.18 Å². The number of ether oxygens (including phenoxy) is 1. The normalized spacial score (nSPS) is 11.1. The smallest absolute Gasteiger partial charge is 0.416 e. The molecule has 0 aromatic heterocycles. The summed E-state index contributed by atoms with van der Waals surface area (Å²) in [5.41, 5.74) is 0.679.